The number of aromatic nitrogens is 2. The summed E-state index contributed by atoms with van der Waals surface area (Å²) < 4.78 is 2.25. The first-order valence-electron chi connectivity index (χ1n) is 11.9. The molecule has 0 aliphatic carbocycles. The van der Waals surface area contributed by atoms with E-state index in [0.29, 0.717) is 0 Å². The number of para-hydroxylation sites is 1. The second-order valence-corrected chi connectivity index (χ2v) is 8.74. The van der Waals surface area contributed by atoms with Crippen LogP contribution in [0.25, 0.3) is 6.08 Å². The second kappa shape index (κ2) is 10.3. The number of benzene rings is 3. The SMILES string of the molecule is CN1CCN=C(/C=C/c2cccc(CCc3nccn3Cc3ccccc3)c2)c2ccccc21. The average Bonchev–Trinajstić information content (AvgIpc) is 3.25. The third-order valence-electron chi connectivity index (χ3n) is 6.33. The lowest BCUT2D eigenvalue weighted by atomic mass is 10.0. The predicted octanol–water partition coefficient (Wildman–Crippen LogP) is 5.67. The highest BCUT2D eigenvalue weighted by molar-refractivity contribution is 6.14. The van der Waals surface area contributed by atoms with E-state index in [0.717, 1.165) is 44.0 Å². The van der Waals surface area contributed by atoms with Crippen LogP contribution in [-0.2, 0) is 19.4 Å². The van der Waals surface area contributed by atoms with Crippen LogP contribution < -0.4 is 4.90 Å². The fraction of sp³-hybridized carbons (Fsp3) is 0.200. The zero-order valence-corrected chi connectivity index (χ0v) is 19.6. The highest BCUT2D eigenvalue weighted by Gasteiger charge is 2.13. The molecule has 0 saturated carbocycles. The summed E-state index contributed by atoms with van der Waals surface area (Å²) in [6.07, 6.45) is 10.2. The van der Waals surface area contributed by atoms with E-state index in [9.17, 15) is 0 Å². The molecule has 0 bridgehead atoms. The molecule has 0 fully saturated rings. The van der Waals surface area contributed by atoms with Crippen LogP contribution in [0.5, 0.6) is 0 Å². The number of aryl methyl sites for hydroxylation is 2. The van der Waals surface area contributed by atoms with Gasteiger partial charge in [-0.05, 0) is 35.3 Å². The third kappa shape index (κ3) is 5.18. The molecular weight excluding hydrogens is 416 g/mol. The number of imidazole rings is 1. The fourth-order valence-corrected chi connectivity index (χ4v) is 4.47. The molecular formula is C30H30N4. The molecule has 2 heterocycles. The van der Waals surface area contributed by atoms with E-state index in [1.165, 1.54) is 27.9 Å². The van der Waals surface area contributed by atoms with Gasteiger partial charge in [-0.2, -0.15) is 0 Å². The molecule has 0 atom stereocenters. The van der Waals surface area contributed by atoms with Crippen LogP contribution in [0.3, 0.4) is 0 Å². The minimum atomic E-state index is 0.806. The molecule has 0 saturated heterocycles. The van der Waals surface area contributed by atoms with Crippen LogP contribution >= 0.6 is 0 Å². The zero-order valence-electron chi connectivity index (χ0n) is 19.6. The largest absolute Gasteiger partial charge is 0.372 e. The summed E-state index contributed by atoms with van der Waals surface area (Å²) in [5, 5.41) is 0. The highest BCUT2D eigenvalue weighted by Crippen LogP contribution is 2.23. The number of benzodiazepines with no additional fused rings is 1. The van der Waals surface area contributed by atoms with Crippen LogP contribution in [0.15, 0.2) is 102 Å². The lowest BCUT2D eigenvalue weighted by molar-refractivity contribution is 0.712. The van der Waals surface area contributed by atoms with Crippen molar-refractivity contribution >= 4 is 17.5 Å². The van der Waals surface area contributed by atoms with Gasteiger partial charge in [0.2, 0.25) is 0 Å². The Balaban J connectivity index is 1.27. The zero-order chi connectivity index (χ0) is 23.2. The Hall–Kier alpha value is -3.92. The maximum absolute atomic E-state index is 4.84. The third-order valence-corrected chi connectivity index (χ3v) is 6.33. The fourth-order valence-electron chi connectivity index (χ4n) is 4.47. The number of aliphatic imine (C=N–C) groups is 1. The molecule has 170 valence electrons. The summed E-state index contributed by atoms with van der Waals surface area (Å²) in [4.78, 5) is 11.7. The minimum Gasteiger partial charge on any atom is -0.372 e. The summed E-state index contributed by atoms with van der Waals surface area (Å²) in [6, 6.07) is 27.8. The van der Waals surface area contributed by atoms with E-state index >= 15 is 0 Å². The number of hydrogen-bond donors (Lipinski definition) is 0. The van der Waals surface area contributed by atoms with Crippen molar-refractivity contribution in [1.82, 2.24) is 9.55 Å². The summed E-state index contributed by atoms with van der Waals surface area (Å²) in [6.45, 7) is 2.60. The number of allylic oxidation sites excluding steroid dienone is 1. The summed E-state index contributed by atoms with van der Waals surface area (Å²) in [7, 11) is 2.13. The van der Waals surface area contributed by atoms with Crippen molar-refractivity contribution in [3.05, 3.63) is 125 Å². The van der Waals surface area contributed by atoms with Gasteiger partial charge in [0.15, 0.2) is 0 Å². The van der Waals surface area contributed by atoms with Crippen molar-refractivity contribution in [2.45, 2.75) is 19.4 Å². The maximum Gasteiger partial charge on any atom is 0.109 e. The van der Waals surface area contributed by atoms with Gasteiger partial charge in [-0.15, -0.1) is 0 Å². The molecule has 0 unspecified atom stereocenters. The van der Waals surface area contributed by atoms with Gasteiger partial charge in [0.25, 0.3) is 0 Å². The molecule has 0 N–H and O–H groups in total. The van der Waals surface area contributed by atoms with Gasteiger partial charge in [0.1, 0.15) is 5.82 Å². The molecule has 1 aliphatic heterocycles. The Morgan fingerprint density at radius 2 is 1.68 bits per heavy atom. The first-order chi connectivity index (χ1) is 16.8. The molecule has 1 aromatic heterocycles. The Labute approximate surface area is 201 Å². The van der Waals surface area contributed by atoms with Crippen molar-refractivity contribution in [2.75, 3.05) is 25.0 Å². The van der Waals surface area contributed by atoms with Crippen molar-refractivity contribution in [3.63, 3.8) is 0 Å². The number of nitrogens with zero attached hydrogens (tertiary/aromatic N) is 4. The van der Waals surface area contributed by atoms with Gasteiger partial charge in [0, 0.05) is 50.2 Å². The lowest BCUT2D eigenvalue weighted by Gasteiger charge is -2.18. The van der Waals surface area contributed by atoms with E-state index < -0.39 is 0 Å². The summed E-state index contributed by atoms with van der Waals surface area (Å²) in [5.41, 5.74) is 7.29. The summed E-state index contributed by atoms with van der Waals surface area (Å²) in [5.74, 6) is 1.12. The van der Waals surface area contributed by atoms with Crippen LogP contribution in [-0.4, -0.2) is 35.4 Å². The van der Waals surface area contributed by atoms with Crippen molar-refractivity contribution in [3.8, 4) is 0 Å². The first-order valence-corrected chi connectivity index (χ1v) is 11.9. The molecule has 4 heteroatoms. The van der Waals surface area contributed by atoms with Gasteiger partial charge in [-0.25, -0.2) is 4.98 Å². The van der Waals surface area contributed by atoms with Crippen LogP contribution in [0.1, 0.15) is 28.1 Å². The molecule has 4 nitrogen and oxygen atoms in total. The van der Waals surface area contributed by atoms with E-state index in [2.05, 4.69) is 119 Å². The molecule has 0 spiro atoms. The number of anilines is 1. The van der Waals surface area contributed by atoms with E-state index in [1.54, 1.807) is 0 Å². The quantitative estimate of drug-likeness (QED) is 0.367. The molecule has 0 amide bonds. The number of likely N-dealkylation sites (N-methyl/N-ethyl adjacent to an activating group) is 1. The summed E-state index contributed by atoms with van der Waals surface area (Å²) >= 11 is 0. The molecule has 4 aromatic rings. The molecule has 0 radical (unpaired) electrons. The van der Waals surface area contributed by atoms with E-state index in [-0.39, 0.29) is 0 Å². The first kappa shape index (κ1) is 21.9. The Bertz CT molecular complexity index is 1300. The van der Waals surface area contributed by atoms with E-state index in [1.807, 2.05) is 6.20 Å². The van der Waals surface area contributed by atoms with Crippen molar-refractivity contribution < 1.29 is 0 Å². The predicted molar refractivity (Wildman–Crippen MR) is 142 cm³/mol. The van der Waals surface area contributed by atoms with Gasteiger partial charge < -0.3 is 9.47 Å². The minimum absolute atomic E-state index is 0.806. The average molecular weight is 447 g/mol. The standard InChI is InChI=1S/C30H30N4/c1-33-20-18-31-28(27-12-5-6-13-29(27)33)16-14-24-10-7-11-25(22-24)15-17-30-32-19-21-34(30)23-26-8-3-2-4-9-26/h2-14,16,19,21-22H,15,17-18,20,23H2,1H3/b16-14+. The van der Waals surface area contributed by atoms with Crippen LogP contribution in [0.2, 0.25) is 0 Å². The Morgan fingerprint density at radius 1 is 0.853 bits per heavy atom. The number of fused-ring (bicyclic) bond motifs is 1. The Morgan fingerprint density at radius 3 is 2.59 bits per heavy atom. The normalized spacial score (nSPS) is 13.6. The van der Waals surface area contributed by atoms with Crippen LogP contribution in [0, 0.1) is 0 Å². The Kier molecular flexibility index (Phi) is 6.66. The molecule has 5 rings (SSSR count). The van der Waals surface area contributed by atoms with Crippen molar-refractivity contribution in [2.24, 2.45) is 4.99 Å². The second-order valence-electron chi connectivity index (χ2n) is 8.74. The highest BCUT2D eigenvalue weighted by atomic mass is 15.1. The lowest BCUT2D eigenvalue weighted by Crippen LogP contribution is -2.20. The van der Waals surface area contributed by atoms with Gasteiger partial charge >= 0.3 is 0 Å². The topological polar surface area (TPSA) is 33.4 Å². The van der Waals surface area contributed by atoms with Gasteiger partial charge in [0.05, 0.1) is 12.3 Å². The van der Waals surface area contributed by atoms with Gasteiger partial charge in [-0.3, -0.25) is 4.99 Å². The number of hydrogen-bond acceptors (Lipinski definition) is 3. The van der Waals surface area contributed by atoms with Gasteiger partial charge in [-0.1, -0.05) is 78.9 Å². The number of rotatable bonds is 7. The molecule has 1 aliphatic rings. The van der Waals surface area contributed by atoms with Crippen LogP contribution in [0.4, 0.5) is 5.69 Å². The molecule has 3 aromatic carbocycles. The van der Waals surface area contributed by atoms with Crippen molar-refractivity contribution in [1.29, 1.82) is 0 Å². The maximum atomic E-state index is 4.84. The monoisotopic (exact) mass is 446 g/mol. The molecule has 34 heavy (non-hydrogen) atoms. The smallest absolute Gasteiger partial charge is 0.109 e. The van der Waals surface area contributed by atoms with E-state index in [4.69, 9.17) is 4.99 Å².